The number of esters is 3. The van der Waals surface area contributed by atoms with Crippen LogP contribution in [0.2, 0.25) is 0 Å². The summed E-state index contributed by atoms with van der Waals surface area (Å²) in [5.41, 5.74) is -2.96. The van der Waals surface area contributed by atoms with Crippen molar-refractivity contribution in [1.29, 1.82) is 0 Å². The molecule has 8 atom stereocenters. The molecule has 2 saturated carbocycles. The van der Waals surface area contributed by atoms with E-state index in [-0.39, 0.29) is 30.1 Å². The molecule has 2 fully saturated rings. The average molecular weight is 772 g/mol. The zero-order valence-electron chi connectivity index (χ0n) is 27.4. The number of nitrogens with zero attached hydrogens (tertiary/aromatic N) is 1. The number of aromatic nitrogens is 1. The second kappa shape index (κ2) is 12.6. The van der Waals surface area contributed by atoms with Crippen molar-refractivity contribution in [2.75, 3.05) is 6.61 Å². The molecule has 0 saturated heterocycles. The number of rotatable bonds is 6. The lowest BCUT2D eigenvalue weighted by Gasteiger charge is -2.66. The van der Waals surface area contributed by atoms with E-state index in [2.05, 4.69) is 27.6 Å². The number of aliphatic hydroxyl groups is 1. The Morgan fingerprint density at radius 3 is 2.42 bits per heavy atom. The molecule has 3 aromatic rings. The van der Waals surface area contributed by atoms with Crippen LogP contribution >= 0.6 is 22.6 Å². The molecule has 12 heteroatoms. The summed E-state index contributed by atoms with van der Waals surface area (Å²) < 4.78 is 31.2. The van der Waals surface area contributed by atoms with Crippen LogP contribution in [-0.2, 0) is 23.8 Å². The molecule has 0 radical (unpaired) electrons. The van der Waals surface area contributed by atoms with Crippen molar-refractivity contribution in [3.05, 3.63) is 80.0 Å². The molecule has 1 aliphatic heterocycles. The number of carbonyl (C=O) groups excluding carboxylic acids is 3. The summed E-state index contributed by atoms with van der Waals surface area (Å²) in [5.74, 6) is -2.44. The third-order valence-electron chi connectivity index (χ3n) is 10.8. The summed E-state index contributed by atoms with van der Waals surface area (Å²) >= 11 is 2.15. The van der Waals surface area contributed by atoms with Crippen molar-refractivity contribution in [2.45, 2.75) is 77.8 Å². The van der Waals surface area contributed by atoms with E-state index in [1.54, 1.807) is 61.8 Å². The molecule has 48 heavy (non-hydrogen) atoms. The number of hydrogen-bond donors (Lipinski definition) is 1. The van der Waals surface area contributed by atoms with Gasteiger partial charge in [-0.2, -0.15) is 0 Å². The first-order valence-electron chi connectivity index (χ1n) is 15.9. The van der Waals surface area contributed by atoms with Crippen LogP contribution in [0.5, 0.6) is 5.75 Å². The lowest BCUT2D eigenvalue weighted by molar-refractivity contribution is -0.266. The highest BCUT2D eigenvalue weighted by Crippen LogP contribution is 2.67. The number of halogens is 1. The van der Waals surface area contributed by atoms with Gasteiger partial charge >= 0.3 is 23.5 Å². The number of carbonyl (C=O) groups is 3. The van der Waals surface area contributed by atoms with Crippen LogP contribution in [0, 0.1) is 26.2 Å². The van der Waals surface area contributed by atoms with Gasteiger partial charge in [0.05, 0.1) is 11.7 Å². The lowest BCUT2D eigenvalue weighted by Crippen LogP contribution is -2.71. The van der Waals surface area contributed by atoms with Gasteiger partial charge in [0.15, 0.2) is 0 Å². The van der Waals surface area contributed by atoms with Crippen molar-refractivity contribution in [3.8, 4) is 17.1 Å². The van der Waals surface area contributed by atoms with Gasteiger partial charge < -0.3 is 28.5 Å². The fraction of sp³-hybridized carbons (Fsp3) is 0.472. The standard InChI is InChI=1S/C36H38INO10/c1-19(39)44-18-35(4)26-16-28(47-32(42)21-8-10-23(37)11-9-21)36(5)31(34(26,3)13-12-27(35)45-20(2)40)30(41)29-25(48-36)15-24(46-33(29)43)22-7-6-14-38-17-22/h6-11,14-15,17,26-28,30-31,41H,12-13,16,18H2,1-5H3/t26?,27-,28-,30-,31?,34-,35-,36+/m0/s1. The number of ether oxygens (including phenoxy) is 4. The third-order valence-corrected chi connectivity index (χ3v) is 11.5. The minimum absolute atomic E-state index is 0.0292. The molecule has 254 valence electrons. The summed E-state index contributed by atoms with van der Waals surface area (Å²) in [5, 5.41) is 12.3. The van der Waals surface area contributed by atoms with E-state index in [0.717, 1.165) is 3.57 Å². The van der Waals surface area contributed by atoms with E-state index < -0.39 is 70.1 Å². The molecule has 1 aromatic carbocycles. The maximum absolute atomic E-state index is 13.7. The molecule has 2 unspecified atom stereocenters. The van der Waals surface area contributed by atoms with Crippen molar-refractivity contribution in [1.82, 2.24) is 4.98 Å². The fourth-order valence-corrected chi connectivity index (χ4v) is 8.98. The van der Waals surface area contributed by atoms with Gasteiger partial charge in [0.2, 0.25) is 0 Å². The van der Waals surface area contributed by atoms with Gasteiger partial charge in [-0.05, 0) is 96.5 Å². The van der Waals surface area contributed by atoms with Gasteiger partial charge in [-0.15, -0.1) is 0 Å². The number of benzene rings is 1. The van der Waals surface area contributed by atoms with Crippen molar-refractivity contribution in [2.24, 2.45) is 22.7 Å². The molecule has 0 spiro atoms. The number of aliphatic hydroxyl groups excluding tert-OH is 1. The molecule has 1 N–H and O–H groups in total. The Hall–Kier alpha value is -3.78. The van der Waals surface area contributed by atoms with Crippen LogP contribution in [0.3, 0.4) is 0 Å². The third kappa shape index (κ3) is 5.80. The van der Waals surface area contributed by atoms with Gasteiger partial charge in [-0.3, -0.25) is 14.6 Å². The predicted molar refractivity (Wildman–Crippen MR) is 180 cm³/mol. The Bertz CT molecular complexity index is 1790. The van der Waals surface area contributed by atoms with Gasteiger partial charge in [0.1, 0.15) is 41.5 Å². The summed E-state index contributed by atoms with van der Waals surface area (Å²) in [4.78, 5) is 55.9. The Morgan fingerprint density at radius 1 is 1.04 bits per heavy atom. The summed E-state index contributed by atoms with van der Waals surface area (Å²) in [6.45, 7) is 8.27. The number of pyridine rings is 1. The van der Waals surface area contributed by atoms with E-state index in [4.69, 9.17) is 23.4 Å². The normalized spacial score (nSPS) is 32.0. The lowest BCUT2D eigenvalue weighted by atomic mass is 9.42. The summed E-state index contributed by atoms with van der Waals surface area (Å²) in [7, 11) is 0. The molecule has 0 amide bonds. The van der Waals surface area contributed by atoms with Crippen LogP contribution < -0.4 is 10.4 Å². The highest BCUT2D eigenvalue weighted by atomic mass is 127. The van der Waals surface area contributed by atoms with Crippen molar-refractivity contribution in [3.63, 3.8) is 0 Å². The first-order chi connectivity index (χ1) is 22.7. The average Bonchev–Trinajstić information content (AvgIpc) is 3.02. The molecule has 3 aliphatic rings. The highest BCUT2D eigenvalue weighted by Gasteiger charge is 2.71. The Labute approximate surface area is 291 Å². The molecule has 2 aliphatic carbocycles. The van der Waals surface area contributed by atoms with Gasteiger partial charge in [-0.1, -0.05) is 13.8 Å². The van der Waals surface area contributed by atoms with Crippen LogP contribution in [0.15, 0.2) is 64.1 Å². The molecule has 11 nitrogen and oxygen atoms in total. The van der Waals surface area contributed by atoms with Crippen LogP contribution in [0.4, 0.5) is 0 Å². The molecule has 0 bridgehead atoms. The Kier molecular flexibility index (Phi) is 8.94. The zero-order valence-corrected chi connectivity index (χ0v) is 29.5. The molecular weight excluding hydrogens is 733 g/mol. The summed E-state index contributed by atoms with van der Waals surface area (Å²) in [6.07, 6.45) is 1.29. The Balaban J connectivity index is 1.50. The topological polar surface area (TPSA) is 151 Å². The van der Waals surface area contributed by atoms with Gasteiger partial charge in [0.25, 0.3) is 0 Å². The molecule has 3 heterocycles. The Morgan fingerprint density at radius 2 is 1.77 bits per heavy atom. The number of fused-ring (bicyclic) bond motifs is 4. The van der Waals surface area contributed by atoms with E-state index in [0.29, 0.717) is 24.0 Å². The van der Waals surface area contributed by atoms with Crippen LogP contribution in [-0.4, -0.2) is 52.4 Å². The van der Waals surface area contributed by atoms with Gasteiger partial charge in [0, 0.05) is 52.8 Å². The minimum Gasteiger partial charge on any atom is -0.482 e. The van der Waals surface area contributed by atoms with E-state index in [9.17, 15) is 24.3 Å². The quantitative estimate of drug-likeness (QED) is 0.188. The largest absolute Gasteiger partial charge is 0.482 e. The first-order valence-corrected chi connectivity index (χ1v) is 17.0. The maximum atomic E-state index is 13.7. The zero-order chi connectivity index (χ0) is 34.6. The van der Waals surface area contributed by atoms with Gasteiger partial charge in [-0.25, -0.2) is 9.59 Å². The summed E-state index contributed by atoms with van der Waals surface area (Å²) in [6, 6.07) is 12.0. The van der Waals surface area contributed by atoms with Crippen LogP contribution in [0.1, 0.15) is 75.9 Å². The SMILES string of the molecule is CC(=O)OC[C@@]1(C)C2C[C@H](OC(=O)c3ccc(I)cc3)[C@@]3(C)Oc4cc(-c5cccnc5)oc(=O)c4[C@H](O)C3[C@@]2(C)CC[C@@H]1OC(C)=O. The monoisotopic (exact) mass is 771 g/mol. The van der Waals surface area contributed by atoms with Crippen LogP contribution in [0.25, 0.3) is 11.3 Å². The number of hydrogen-bond acceptors (Lipinski definition) is 11. The predicted octanol–water partition coefficient (Wildman–Crippen LogP) is 5.65. The van der Waals surface area contributed by atoms with E-state index >= 15 is 0 Å². The first kappa shape index (κ1) is 34.1. The highest BCUT2D eigenvalue weighted by molar-refractivity contribution is 14.1. The molecular formula is C36H38INO10. The molecule has 6 rings (SSSR count). The fourth-order valence-electron chi connectivity index (χ4n) is 8.62. The smallest absolute Gasteiger partial charge is 0.345 e. The minimum atomic E-state index is -1.38. The van der Waals surface area contributed by atoms with Crippen molar-refractivity contribution >= 4 is 40.5 Å². The maximum Gasteiger partial charge on any atom is 0.345 e. The van der Waals surface area contributed by atoms with E-state index in [1.807, 2.05) is 13.8 Å². The second-order valence-corrected chi connectivity index (χ2v) is 15.0. The van der Waals surface area contributed by atoms with E-state index in [1.165, 1.54) is 13.8 Å². The molecule has 2 aromatic heterocycles. The second-order valence-electron chi connectivity index (χ2n) is 13.7. The van der Waals surface area contributed by atoms with Crippen molar-refractivity contribution < 1.29 is 42.9 Å².